The molecule has 0 heterocycles. The Morgan fingerprint density at radius 3 is 2.71 bits per heavy atom. The van der Waals surface area contributed by atoms with Crippen LogP contribution in [0.25, 0.3) is 0 Å². The monoisotopic (exact) mass is 222 g/mol. The van der Waals surface area contributed by atoms with Crippen molar-refractivity contribution in [3.8, 4) is 0 Å². The fourth-order valence-electron chi connectivity index (χ4n) is 1.18. The summed E-state index contributed by atoms with van der Waals surface area (Å²) in [4.78, 5) is 0. The van der Waals surface area contributed by atoms with E-state index in [0.717, 1.165) is 12.8 Å². The van der Waals surface area contributed by atoms with Crippen LogP contribution in [0, 0.1) is 0 Å². The summed E-state index contributed by atoms with van der Waals surface area (Å²) in [5, 5.41) is -0.152. The summed E-state index contributed by atoms with van der Waals surface area (Å²) < 4.78 is 30.1. The van der Waals surface area contributed by atoms with Crippen molar-refractivity contribution < 1.29 is 13.2 Å². The molecule has 14 heavy (non-hydrogen) atoms. The minimum Gasteiger partial charge on any atom is -0.383 e. The third-order valence-corrected chi connectivity index (χ3v) is 4.12. The summed E-state index contributed by atoms with van der Waals surface area (Å²) in [6.45, 7) is 0.870. The van der Waals surface area contributed by atoms with Crippen molar-refractivity contribution in [2.45, 2.75) is 30.6 Å². The van der Waals surface area contributed by atoms with Crippen LogP contribution >= 0.6 is 0 Å². The molecule has 0 radical (unpaired) electrons. The van der Waals surface area contributed by atoms with Gasteiger partial charge in [-0.25, -0.2) is 13.1 Å². The van der Waals surface area contributed by atoms with Crippen LogP contribution in [0.3, 0.4) is 0 Å². The first-order valence-electron chi connectivity index (χ1n) is 4.79. The summed E-state index contributed by atoms with van der Waals surface area (Å²) >= 11 is 0. The molecule has 0 bridgehead atoms. The average molecular weight is 222 g/mol. The Balaban J connectivity index is 2.14. The molecule has 1 rings (SSSR count). The van der Waals surface area contributed by atoms with E-state index in [1.165, 1.54) is 0 Å². The van der Waals surface area contributed by atoms with Crippen LogP contribution in [-0.4, -0.2) is 40.0 Å². The molecule has 0 aromatic rings. The van der Waals surface area contributed by atoms with E-state index in [1.54, 1.807) is 7.11 Å². The van der Waals surface area contributed by atoms with E-state index >= 15 is 0 Å². The molecule has 3 N–H and O–H groups in total. The molecular formula is C8H18N2O3S. The first-order chi connectivity index (χ1) is 6.56. The Morgan fingerprint density at radius 2 is 2.21 bits per heavy atom. The molecule has 1 aliphatic carbocycles. The van der Waals surface area contributed by atoms with Gasteiger partial charge in [0.25, 0.3) is 0 Å². The van der Waals surface area contributed by atoms with Gasteiger partial charge in [-0.1, -0.05) is 0 Å². The van der Waals surface area contributed by atoms with Gasteiger partial charge in [-0.2, -0.15) is 0 Å². The van der Waals surface area contributed by atoms with Gasteiger partial charge < -0.3 is 10.5 Å². The van der Waals surface area contributed by atoms with Gasteiger partial charge in [0.15, 0.2) is 0 Å². The van der Waals surface area contributed by atoms with Crippen molar-refractivity contribution in [1.82, 2.24) is 4.72 Å². The lowest BCUT2D eigenvalue weighted by atomic mass is 10.2. The SMILES string of the molecule is COCC(N)CCNS(=O)(=O)C1CC1. The number of nitrogens with two attached hydrogens (primary N) is 1. The molecule has 1 unspecified atom stereocenters. The molecule has 6 heteroatoms. The molecule has 0 spiro atoms. The maximum absolute atomic E-state index is 11.3. The van der Waals surface area contributed by atoms with Gasteiger partial charge in [-0.05, 0) is 19.3 Å². The Labute approximate surface area is 85.1 Å². The third-order valence-electron chi connectivity index (χ3n) is 2.16. The summed E-state index contributed by atoms with van der Waals surface area (Å²) in [5.41, 5.74) is 5.65. The van der Waals surface area contributed by atoms with Crippen molar-refractivity contribution in [3.63, 3.8) is 0 Å². The van der Waals surface area contributed by atoms with Crippen LogP contribution in [0.2, 0.25) is 0 Å². The predicted molar refractivity (Wildman–Crippen MR) is 54.4 cm³/mol. The highest BCUT2D eigenvalue weighted by molar-refractivity contribution is 7.90. The number of ether oxygens (including phenoxy) is 1. The molecule has 0 saturated heterocycles. The molecule has 84 valence electrons. The van der Waals surface area contributed by atoms with Crippen molar-refractivity contribution in [3.05, 3.63) is 0 Å². The number of hydrogen-bond donors (Lipinski definition) is 2. The maximum Gasteiger partial charge on any atom is 0.214 e. The van der Waals surface area contributed by atoms with Crippen LogP contribution in [-0.2, 0) is 14.8 Å². The second-order valence-electron chi connectivity index (χ2n) is 3.64. The zero-order valence-corrected chi connectivity index (χ0v) is 9.22. The van der Waals surface area contributed by atoms with E-state index in [4.69, 9.17) is 10.5 Å². The Morgan fingerprint density at radius 1 is 1.57 bits per heavy atom. The van der Waals surface area contributed by atoms with Crippen LogP contribution in [0.1, 0.15) is 19.3 Å². The van der Waals surface area contributed by atoms with E-state index in [0.29, 0.717) is 19.6 Å². The second-order valence-corrected chi connectivity index (χ2v) is 5.69. The Kier molecular flexibility index (Phi) is 4.31. The molecule has 0 amide bonds. The Hall–Kier alpha value is -0.170. The van der Waals surface area contributed by atoms with Gasteiger partial charge >= 0.3 is 0 Å². The van der Waals surface area contributed by atoms with Gasteiger partial charge in [-0.3, -0.25) is 0 Å². The highest BCUT2D eigenvalue weighted by Gasteiger charge is 2.35. The number of methoxy groups -OCH3 is 1. The third kappa shape index (κ3) is 3.91. The van der Waals surface area contributed by atoms with Crippen molar-refractivity contribution in [2.24, 2.45) is 5.73 Å². The topological polar surface area (TPSA) is 81.4 Å². The van der Waals surface area contributed by atoms with E-state index in [1.807, 2.05) is 0 Å². The average Bonchev–Trinajstić information content (AvgIpc) is 2.86. The molecule has 0 aliphatic heterocycles. The van der Waals surface area contributed by atoms with E-state index in [-0.39, 0.29) is 11.3 Å². The minimum atomic E-state index is -3.04. The molecule has 5 nitrogen and oxygen atoms in total. The van der Waals surface area contributed by atoms with Crippen molar-refractivity contribution in [1.29, 1.82) is 0 Å². The minimum absolute atomic E-state index is 0.0955. The van der Waals surface area contributed by atoms with Gasteiger partial charge in [0, 0.05) is 19.7 Å². The van der Waals surface area contributed by atoms with E-state index < -0.39 is 10.0 Å². The number of rotatable bonds is 7. The van der Waals surface area contributed by atoms with E-state index in [9.17, 15) is 8.42 Å². The standard InChI is InChI=1S/C8H18N2O3S/c1-13-6-7(9)4-5-10-14(11,12)8-2-3-8/h7-8,10H,2-6,9H2,1H3. The number of hydrogen-bond acceptors (Lipinski definition) is 4. The van der Waals surface area contributed by atoms with Crippen LogP contribution in [0.4, 0.5) is 0 Å². The zero-order valence-electron chi connectivity index (χ0n) is 8.40. The first-order valence-corrected chi connectivity index (χ1v) is 6.34. The smallest absolute Gasteiger partial charge is 0.214 e. The van der Waals surface area contributed by atoms with Crippen LogP contribution in [0.15, 0.2) is 0 Å². The largest absolute Gasteiger partial charge is 0.383 e. The fourth-order valence-corrected chi connectivity index (χ4v) is 2.57. The second kappa shape index (κ2) is 5.06. The van der Waals surface area contributed by atoms with Gasteiger partial charge in [0.1, 0.15) is 0 Å². The molecule has 1 fully saturated rings. The van der Waals surface area contributed by atoms with Crippen LogP contribution < -0.4 is 10.5 Å². The summed E-state index contributed by atoms with van der Waals surface area (Å²) in [6.07, 6.45) is 2.19. The molecule has 1 aliphatic rings. The van der Waals surface area contributed by atoms with Crippen molar-refractivity contribution >= 4 is 10.0 Å². The maximum atomic E-state index is 11.3. The summed E-state index contributed by atoms with van der Waals surface area (Å²) in [6, 6.07) is -0.0955. The van der Waals surface area contributed by atoms with E-state index in [2.05, 4.69) is 4.72 Å². The molecule has 1 atom stereocenters. The first kappa shape index (κ1) is 11.9. The summed E-state index contributed by atoms with van der Waals surface area (Å²) in [5.74, 6) is 0. The number of nitrogens with one attached hydrogen (secondary N) is 1. The quantitative estimate of drug-likeness (QED) is 0.604. The van der Waals surface area contributed by atoms with Gasteiger partial charge in [0.2, 0.25) is 10.0 Å². The normalized spacial score (nSPS) is 19.6. The van der Waals surface area contributed by atoms with Crippen LogP contribution in [0.5, 0.6) is 0 Å². The zero-order chi connectivity index (χ0) is 10.6. The molecule has 0 aromatic heterocycles. The summed E-state index contributed by atoms with van der Waals surface area (Å²) in [7, 11) is -1.47. The Bertz CT molecular complexity index is 262. The van der Waals surface area contributed by atoms with Gasteiger partial charge in [0.05, 0.1) is 11.9 Å². The lowest BCUT2D eigenvalue weighted by Crippen LogP contribution is -2.34. The lowest BCUT2D eigenvalue weighted by Gasteiger charge is -2.10. The number of sulfonamides is 1. The molecular weight excluding hydrogens is 204 g/mol. The van der Waals surface area contributed by atoms with Gasteiger partial charge in [-0.15, -0.1) is 0 Å². The predicted octanol–water partition coefficient (Wildman–Crippen LogP) is -0.568. The molecule has 0 aromatic carbocycles. The highest BCUT2D eigenvalue weighted by Crippen LogP contribution is 2.27. The van der Waals surface area contributed by atoms with Crippen molar-refractivity contribution in [2.75, 3.05) is 20.3 Å². The molecule has 1 saturated carbocycles. The lowest BCUT2D eigenvalue weighted by molar-refractivity contribution is 0.177. The fraction of sp³-hybridized carbons (Fsp3) is 1.00. The highest BCUT2D eigenvalue weighted by atomic mass is 32.2.